The average molecular weight is 314 g/mol. The van der Waals surface area contributed by atoms with Gasteiger partial charge >= 0.3 is 0 Å². The van der Waals surface area contributed by atoms with Crippen LogP contribution in [0.3, 0.4) is 0 Å². The Hall–Kier alpha value is -2.63. The van der Waals surface area contributed by atoms with E-state index in [-0.39, 0.29) is 0 Å². The van der Waals surface area contributed by atoms with Gasteiger partial charge in [-0.05, 0) is 35.7 Å². The molecule has 0 saturated carbocycles. The Kier molecular flexibility index (Phi) is 4.71. The standard InChI is InChI=1S/C17H22N4O2/c1-18-17(20-10-14-6-8-21(2)11-14)19-7-5-13-3-4-15-16(9-13)23-12-22-15/h3-4,6,8-9,11H,5,7,10,12H2,1-2H3,(H2,18,19,20). The number of nitrogens with one attached hydrogen (secondary N) is 2. The molecule has 2 N–H and O–H groups in total. The second-order valence-corrected chi connectivity index (χ2v) is 5.48. The van der Waals surface area contributed by atoms with Crippen LogP contribution in [0.2, 0.25) is 0 Å². The van der Waals surface area contributed by atoms with Crippen molar-refractivity contribution in [1.82, 2.24) is 15.2 Å². The number of benzene rings is 1. The monoisotopic (exact) mass is 314 g/mol. The van der Waals surface area contributed by atoms with E-state index < -0.39 is 0 Å². The van der Waals surface area contributed by atoms with Crippen molar-refractivity contribution in [1.29, 1.82) is 0 Å². The molecule has 0 spiro atoms. The first-order chi connectivity index (χ1) is 11.2. The van der Waals surface area contributed by atoms with Crippen LogP contribution in [0.15, 0.2) is 41.7 Å². The van der Waals surface area contributed by atoms with Crippen LogP contribution in [-0.4, -0.2) is 30.9 Å². The summed E-state index contributed by atoms with van der Waals surface area (Å²) in [7, 11) is 3.79. The van der Waals surface area contributed by atoms with Gasteiger partial charge in [0.2, 0.25) is 6.79 Å². The predicted octanol–water partition coefficient (Wildman–Crippen LogP) is 1.66. The maximum atomic E-state index is 5.40. The maximum absolute atomic E-state index is 5.40. The fourth-order valence-corrected chi connectivity index (χ4v) is 2.49. The van der Waals surface area contributed by atoms with Gasteiger partial charge in [0.25, 0.3) is 0 Å². The first-order valence-electron chi connectivity index (χ1n) is 7.68. The Morgan fingerprint density at radius 3 is 2.83 bits per heavy atom. The lowest BCUT2D eigenvalue weighted by molar-refractivity contribution is 0.174. The molecule has 1 aliphatic rings. The van der Waals surface area contributed by atoms with Crippen LogP contribution in [0.1, 0.15) is 11.1 Å². The predicted molar refractivity (Wildman–Crippen MR) is 89.9 cm³/mol. The quantitative estimate of drug-likeness (QED) is 0.651. The van der Waals surface area contributed by atoms with Gasteiger partial charge in [0, 0.05) is 39.6 Å². The zero-order chi connectivity index (χ0) is 16.1. The normalized spacial score (nSPS) is 13.2. The zero-order valence-electron chi connectivity index (χ0n) is 13.5. The summed E-state index contributed by atoms with van der Waals surface area (Å²) in [5.41, 5.74) is 2.44. The molecule has 1 aliphatic heterocycles. The topological polar surface area (TPSA) is 59.8 Å². The molecule has 1 aromatic heterocycles. The van der Waals surface area contributed by atoms with Crippen molar-refractivity contribution in [2.45, 2.75) is 13.0 Å². The first kappa shape index (κ1) is 15.3. The van der Waals surface area contributed by atoms with Crippen molar-refractivity contribution >= 4 is 5.96 Å². The van der Waals surface area contributed by atoms with Crippen molar-refractivity contribution in [2.24, 2.45) is 12.0 Å². The molecule has 0 radical (unpaired) electrons. The van der Waals surface area contributed by atoms with Gasteiger partial charge in [-0.2, -0.15) is 0 Å². The number of nitrogens with zero attached hydrogens (tertiary/aromatic N) is 2. The molecule has 0 atom stereocenters. The Bertz CT molecular complexity index is 694. The number of hydrogen-bond donors (Lipinski definition) is 2. The third-order valence-electron chi connectivity index (χ3n) is 3.72. The van der Waals surface area contributed by atoms with E-state index in [1.54, 1.807) is 7.05 Å². The van der Waals surface area contributed by atoms with Crippen molar-refractivity contribution in [2.75, 3.05) is 20.4 Å². The summed E-state index contributed by atoms with van der Waals surface area (Å²) in [6.07, 6.45) is 5.02. The fourth-order valence-electron chi connectivity index (χ4n) is 2.49. The molecule has 2 heterocycles. The van der Waals surface area contributed by atoms with E-state index in [1.807, 2.05) is 29.9 Å². The fraction of sp³-hybridized carbons (Fsp3) is 0.353. The third kappa shape index (κ3) is 3.97. The van der Waals surface area contributed by atoms with Gasteiger partial charge in [0.05, 0.1) is 0 Å². The van der Waals surface area contributed by atoms with Crippen LogP contribution >= 0.6 is 0 Å². The van der Waals surface area contributed by atoms with E-state index in [0.29, 0.717) is 6.79 Å². The van der Waals surface area contributed by atoms with Crippen LogP contribution < -0.4 is 20.1 Å². The highest BCUT2D eigenvalue weighted by Crippen LogP contribution is 2.32. The number of fused-ring (bicyclic) bond motifs is 1. The number of rotatable bonds is 5. The molecule has 1 aromatic carbocycles. The second kappa shape index (κ2) is 7.09. The summed E-state index contributed by atoms with van der Waals surface area (Å²) in [6.45, 7) is 1.87. The molecule has 0 saturated heterocycles. The summed E-state index contributed by atoms with van der Waals surface area (Å²) in [6, 6.07) is 8.15. The highest BCUT2D eigenvalue weighted by atomic mass is 16.7. The molecule has 2 aromatic rings. The molecule has 0 unspecified atom stereocenters. The minimum atomic E-state index is 0.313. The first-order valence-corrected chi connectivity index (χ1v) is 7.68. The number of aromatic nitrogens is 1. The Labute approximate surface area is 136 Å². The number of guanidine groups is 1. The molecule has 6 nitrogen and oxygen atoms in total. The lowest BCUT2D eigenvalue weighted by Crippen LogP contribution is -2.37. The average Bonchev–Trinajstić information content (AvgIpc) is 3.18. The number of ether oxygens (including phenoxy) is 2. The minimum Gasteiger partial charge on any atom is -0.454 e. The van der Waals surface area contributed by atoms with E-state index in [4.69, 9.17) is 9.47 Å². The van der Waals surface area contributed by atoms with Crippen LogP contribution in [-0.2, 0) is 20.0 Å². The summed E-state index contributed by atoms with van der Waals surface area (Å²) in [5, 5.41) is 6.63. The van der Waals surface area contributed by atoms with Gasteiger partial charge in [-0.25, -0.2) is 0 Å². The molecule has 6 heteroatoms. The number of aliphatic imine (C=N–C) groups is 1. The lowest BCUT2D eigenvalue weighted by atomic mass is 10.1. The SMILES string of the molecule is CN=C(NCCc1ccc2c(c1)OCO2)NCc1ccn(C)c1. The van der Waals surface area contributed by atoms with Gasteiger partial charge < -0.3 is 24.7 Å². The minimum absolute atomic E-state index is 0.313. The van der Waals surface area contributed by atoms with E-state index in [1.165, 1.54) is 11.1 Å². The van der Waals surface area contributed by atoms with Gasteiger partial charge in [-0.1, -0.05) is 6.07 Å². The van der Waals surface area contributed by atoms with Crippen molar-refractivity contribution in [3.05, 3.63) is 47.8 Å². The molecule has 0 fully saturated rings. The zero-order valence-corrected chi connectivity index (χ0v) is 13.5. The maximum Gasteiger partial charge on any atom is 0.231 e. The highest BCUT2D eigenvalue weighted by molar-refractivity contribution is 5.79. The largest absolute Gasteiger partial charge is 0.454 e. The van der Waals surface area contributed by atoms with Crippen molar-refractivity contribution in [3.8, 4) is 11.5 Å². The van der Waals surface area contributed by atoms with Crippen molar-refractivity contribution in [3.63, 3.8) is 0 Å². The molecular formula is C17H22N4O2. The third-order valence-corrected chi connectivity index (χ3v) is 3.72. The van der Waals surface area contributed by atoms with Gasteiger partial charge in [0.15, 0.2) is 17.5 Å². The molecule has 23 heavy (non-hydrogen) atoms. The Morgan fingerprint density at radius 2 is 2.04 bits per heavy atom. The molecule has 0 aliphatic carbocycles. The molecule has 3 rings (SSSR count). The van der Waals surface area contributed by atoms with E-state index in [9.17, 15) is 0 Å². The van der Waals surface area contributed by atoms with Gasteiger partial charge in [0.1, 0.15) is 0 Å². The summed E-state index contributed by atoms with van der Waals surface area (Å²) in [5.74, 6) is 2.45. The molecule has 122 valence electrons. The molecule has 0 amide bonds. The Morgan fingerprint density at radius 1 is 1.17 bits per heavy atom. The Balaban J connectivity index is 1.45. The van der Waals surface area contributed by atoms with Crippen LogP contribution in [0, 0.1) is 0 Å². The summed E-state index contributed by atoms with van der Waals surface area (Å²) in [4.78, 5) is 4.24. The second-order valence-electron chi connectivity index (χ2n) is 5.48. The van der Waals surface area contributed by atoms with Crippen LogP contribution in [0.25, 0.3) is 0 Å². The van der Waals surface area contributed by atoms with Gasteiger partial charge in [-0.3, -0.25) is 4.99 Å². The number of aryl methyl sites for hydroxylation is 1. The highest BCUT2D eigenvalue weighted by Gasteiger charge is 2.12. The smallest absolute Gasteiger partial charge is 0.231 e. The van der Waals surface area contributed by atoms with Crippen LogP contribution in [0.4, 0.5) is 0 Å². The van der Waals surface area contributed by atoms with Gasteiger partial charge in [-0.15, -0.1) is 0 Å². The van der Waals surface area contributed by atoms with E-state index in [0.717, 1.165) is 37.0 Å². The molecule has 0 bridgehead atoms. The van der Waals surface area contributed by atoms with Crippen LogP contribution in [0.5, 0.6) is 11.5 Å². The number of hydrogen-bond acceptors (Lipinski definition) is 3. The van der Waals surface area contributed by atoms with E-state index >= 15 is 0 Å². The lowest BCUT2D eigenvalue weighted by Gasteiger charge is -2.11. The van der Waals surface area contributed by atoms with Crippen molar-refractivity contribution < 1.29 is 9.47 Å². The summed E-state index contributed by atoms with van der Waals surface area (Å²) >= 11 is 0. The molecular weight excluding hydrogens is 292 g/mol. The summed E-state index contributed by atoms with van der Waals surface area (Å²) < 4.78 is 12.8. The van der Waals surface area contributed by atoms with E-state index in [2.05, 4.69) is 34.0 Å².